The van der Waals surface area contributed by atoms with Crippen LogP contribution in [-0.2, 0) is 16.1 Å². The number of ether oxygens (including phenoxy) is 1. The van der Waals surface area contributed by atoms with Gasteiger partial charge >= 0.3 is 0 Å². The molecule has 106 valence electrons. The van der Waals surface area contributed by atoms with Gasteiger partial charge < -0.3 is 14.5 Å². The number of rotatable bonds is 4. The predicted molar refractivity (Wildman–Crippen MR) is 75.2 cm³/mol. The second kappa shape index (κ2) is 6.05. The first-order chi connectivity index (χ1) is 9.83. The molecular formula is C15H19N3O2. The minimum Gasteiger partial charge on any atom is -0.378 e. The summed E-state index contributed by atoms with van der Waals surface area (Å²) in [5, 5.41) is 2.92. The van der Waals surface area contributed by atoms with E-state index in [1.54, 1.807) is 0 Å². The van der Waals surface area contributed by atoms with Gasteiger partial charge in [0.25, 0.3) is 0 Å². The van der Waals surface area contributed by atoms with E-state index in [1.165, 1.54) is 0 Å². The summed E-state index contributed by atoms with van der Waals surface area (Å²) in [5.74, 6) is 0.878. The molecule has 20 heavy (non-hydrogen) atoms. The van der Waals surface area contributed by atoms with Gasteiger partial charge in [0, 0.05) is 12.8 Å². The maximum absolute atomic E-state index is 11.9. The predicted octanol–water partition coefficient (Wildman–Crippen LogP) is 1.91. The molecule has 2 aromatic heterocycles. The van der Waals surface area contributed by atoms with E-state index in [2.05, 4.69) is 10.3 Å². The number of pyridine rings is 1. The van der Waals surface area contributed by atoms with Crippen molar-refractivity contribution in [1.29, 1.82) is 0 Å². The molecule has 3 heterocycles. The molecule has 1 unspecified atom stereocenters. The van der Waals surface area contributed by atoms with Crippen molar-refractivity contribution in [2.75, 3.05) is 6.61 Å². The van der Waals surface area contributed by atoms with Crippen molar-refractivity contribution >= 4 is 11.4 Å². The van der Waals surface area contributed by atoms with E-state index in [0.29, 0.717) is 13.0 Å². The Morgan fingerprint density at radius 2 is 2.40 bits per heavy atom. The zero-order valence-corrected chi connectivity index (χ0v) is 11.4. The van der Waals surface area contributed by atoms with Crippen molar-refractivity contribution in [2.24, 2.45) is 0 Å². The van der Waals surface area contributed by atoms with Gasteiger partial charge in [-0.25, -0.2) is 4.98 Å². The van der Waals surface area contributed by atoms with Gasteiger partial charge in [0.2, 0.25) is 5.91 Å². The average molecular weight is 273 g/mol. The molecule has 3 rings (SSSR count). The second-order valence-corrected chi connectivity index (χ2v) is 5.14. The number of hydrogen-bond acceptors (Lipinski definition) is 3. The van der Waals surface area contributed by atoms with Crippen LogP contribution in [0, 0.1) is 0 Å². The van der Waals surface area contributed by atoms with Gasteiger partial charge in [-0.05, 0) is 31.4 Å². The Morgan fingerprint density at radius 1 is 1.45 bits per heavy atom. The number of aromatic nitrogens is 2. The van der Waals surface area contributed by atoms with Gasteiger partial charge in [-0.1, -0.05) is 6.07 Å². The summed E-state index contributed by atoms with van der Waals surface area (Å²) in [5.41, 5.74) is 1.03. The summed E-state index contributed by atoms with van der Waals surface area (Å²) in [7, 11) is 0. The lowest BCUT2D eigenvalue weighted by atomic mass is 10.1. The van der Waals surface area contributed by atoms with Crippen molar-refractivity contribution in [2.45, 2.75) is 38.3 Å². The number of amides is 1. The van der Waals surface area contributed by atoms with E-state index in [9.17, 15) is 4.79 Å². The number of carbonyl (C=O) groups is 1. The molecule has 2 aromatic rings. The first-order valence-corrected chi connectivity index (χ1v) is 7.12. The molecule has 1 amide bonds. The van der Waals surface area contributed by atoms with Crippen LogP contribution in [0.25, 0.3) is 5.52 Å². The fourth-order valence-corrected chi connectivity index (χ4v) is 2.56. The smallest absolute Gasteiger partial charge is 0.222 e. The lowest BCUT2D eigenvalue weighted by Gasteiger charge is -2.21. The summed E-state index contributed by atoms with van der Waals surface area (Å²) in [6, 6.07) is 5.92. The standard InChI is InChI=1S/C15H19N3O2/c19-15(9-13-6-2-4-8-20-13)17-11-14-16-10-12-5-1-3-7-18(12)14/h1,3,5,7,10,13H,2,4,6,8-9,11H2,(H,17,19). The van der Waals surface area contributed by atoms with E-state index in [0.717, 1.165) is 37.2 Å². The van der Waals surface area contributed by atoms with Crippen molar-refractivity contribution in [1.82, 2.24) is 14.7 Å². The number of carbonyl (C=O) groups excluding carboxylic acids is 1. The van der Waals surface area contributed by atoms with Crippen molar-refractivity contribution in [3.8, 4) is 0 Å². The normalized spacial score (nSPS) is 19.1. The zero-order valence-electron chi connectivity index (χ0n) is 11.4. The fourth-order valence-electron chi connectivity index (χ4n) is 2.56. The molecule has 1 saturated heterocycles. The molecule has 0 radical (unpaired) electrons. The SMILES string of the molecule is O=C(CC1CCCCO1)NCc1ncc2ccccn12. The summed E-state index contributed by atoms with van der Waals surface area (Å²) < 4.78 is 7.56. The lowest BCUT2D eigenvalue weighted by Crippen LogP contribution is -2.30. The molecular weight excluding hydrogens is 254 g/mol. The van der Waals surface area contributed by atoms with Gasteiger partial charge in [-0.3, -0.25) is 4.79 Å². The molecule has 1 aliphatic rings. The second-order valence-electron chi connectivity index (χ2n) is 5.14. The number of fused-ring (bicyclic) bond motifs is 1. The number of nitrogens with zero attached hydrogens (tertiary/aromatic N) is 2. The first-order valence-electron chi connectivity index (χ1n) is 7.12. The molecule has 5 nitrogen and oxygen atoms in total. The van der Waals surface area contributed by atoms with Crippen LogP contribution in [-0.4, -0.2) is 28.0 Å². The van der Waals surface area contributed by atoms with Gasteiger partial charge in [0.05, 0.1) is 30.8 Å². The lowest BCUT2D eigenvalue weighted by molar-refractivity contribution is -0.125. The van der Waals surface area contributed by atoms with Crippen LogP contribution in [0.5, 0.6) is 0 Å². The van der Waals surface area contributed by atoms with Crippen LogP contribution in [0.2, 0.25) is 0 Å². The monoisotopic (exact) mass is 273 g/mol. The van der Waals surface area contributed by atoms with Crippen LogP contribution < -0.4 is 5.32 Å². The molecule has 0 aliphatic carbocycles. The minimum absolute atomic E-state index is 0.0320. The number of imidazole rings is 1. The van der Waals surface area contributed by atoms with E-state index < -0.39 is 0 Å². The van der Waals surface area contributed by atoms with Gasteiger partial charge in [0.15, 0.2) is 0 Å². The minimum atomic E-state index is 0.0320. The number of hydrogen-bond donors (Lipinski definition) is 1. The van der Waals surface area contributed by atoms with E-state index in [4.69, 9.17) is 4.74 Å². The zero-order chi connectivity index (χ0) is 13.8. The third-order valence-corrected chi connectivity index (χ3v) is 3.65. The largest absolute Gasteiger partial charge is 0.378 e. The molecule has 0 spiro atoms. The molecule has 0 aromatic carbocycles. The highest BCUT2D eigenvalue weighted by Crippen LogP contribution is 2.15. The summed E-state index contributed by atoms with van der Waals surface area (Å²) in [6.07, 6.45) is 7.55. The molecule has 1 fully saturated rings. The van der Waals surface area contributed by atoms with Crippen molar-refractivity contribution in [3.05, 3.63) is 36.4 Å². The van der Waals surface area contributed by atoms with Crippen LogP contribution in [0.3, 0.4) is 0 Å². The highest BCUT2D eigenvalue weighted by Gasteiger charge is 2.17. The Hall–Kier alpha value is -1.88. The number of nitrogens with one attached hydrogen (secondary N) is 1. The molecule has 5 heteroatoms. The Bertz CT molecular complexity index is 588. The Kier molecular flexibility index (Phi) is 3.97. The molecule has 0 saturated carbocycles. The average Bonchev–Trinajstić information content (AvgIpc) is 2.89. The van der Waals surface area contributed by atoms with Crippen LogP contribution in [0.1, 0.15) is 31.5 Å². The topological polar surface area (TPSA) is 55.6 Å². The van der Waals surface area contributed by atoms with Crippen molar-refractivity contribution in [3.63, 3.8) is 0 Å². The van der Waals surface area contributed by atoms with E-state index in [1.807, 2.05) is 35.0 Å². The summed E-state index contributed by atoms with van der Waals surface area (Å²) in [6.45, 7) is 1.23. The molecule has 1 N–H and O–H groups in total. The highest BCUT2D eigenvalue weighted by atomic mass is 16.5. The van der Waals surface area contributed by atoms with Gasteiger partial charge in [-0.2, -0.15) is 0 Å². The highest BCUT2D eigenvalue weighted by molar-refractivity contribution is 5.76. The maximum atomic E-state index is 11.9. The quantitative estimate of drug-likeness (QED) is 0.925. The Labute approximate surface area is 118 Å². The van der Waals surface area contributed by atoms with Gasteiger partial charge in [0.1, 0.15) is 5.82 Å². The molecule has 1 aliphatic heterocycles. The molecule has 0 bridgehead atoms. The van der Waals surface area contributed by atoms with E-state index >= 15 is 0 Å². The van der Waals surface area contributed by atoms with Gasteiger partial charge in [-0.15, -0.1) is 0 Å². The van der Waals surface area contributed by atoms with Crippen LogP contribution in [0.4, 0.5) is 0 Å². The fraction of sp³-hybridized carbons (Fsp3) is 0.467. The first kappa shape index (κ1) is 13.1. The Balaban J connectivity index is 1.54. The van der Waals surface area contributed by atoms with E-state index in [-0.39, 0.29) is 12.0 Å². The third-order valence-electron chi connectivity index (χ3n) is 3.65. The van der Waals surface area contributed by atoms with Crippen LogP contribution in [0.15, 0.2) is 30.6 Å². The van der Waals surface area contributed by atoms with Crippen molar-refractivity contribution < 1.29 is 9.53 Å². The summed E-state index contributed by atoms with van der Waals surface area (Å²) >= 11 is 0. The molecule has 1 atom stereocenters. The third kappa shape index (κ3) is 2.99. The maximum Gasteiger partial charge on any atom is 0.222 e. The van der Waals surface area contributed by atoms with Crippen LogP contribution >= 0.6 is 0 Å². The summed E-state index contributed by atoms with van der Waals surface area (Å²) in [4.78, 5) is 16.2. The Morgan fingerprint density at radius 3 is 3.25 bits per heavy atom.